The molecule has 0 aliphatic rings. The van der Waals surface area contributed by atoms with Gasteiger partial charge in [0.15, 0.2) is 0 Å². The minimum Gasteiger partial charge on any atom is -0.466 e. The van der Waals surface area contributed by atoms with Crippen LogP contribution in [0.25, 0.3) is 0 Å². The lowest BCUT2D eigenvalue weighted by Gasteiger charge is -2.17. The lowest BCUT2D eigenvalue weighted by Crippen LogP contribution is -2.17. The number of esters is 1. The quantitative estimate of drug-likeness (QED) is 0.400. The highest BCUT2D eigenvalue weighted by Gasteiger charge is 2.09. The van der Waals surface area contributed by atoms with E-state index in [0.29, 0.717) is 26.2 Å². The number of carbonyl (C=O) groups is 1. The fraction of sp³-hybridized carbons (Fsp3) is 0.929. The van der Waals surface area contributed by atoms with Crippen molar-refractivity contribution in [3.63, 3.8) is 0 Å². The second-order valence-electron chi connectivity index (χ2n) is 4.18. The zero-order valence-corrected chi connectivity index (χ0v) is 12.1. The fourth-order valence-corrected chi connectivity index (χ4v) is 1.76. The molecule has 0 N–H and O–H groups in total. The van der Waals surface area contributed by atoms with Crippen molar-refractivity contribution in [1.29, 1.82) is 0 Å². The molecule has 0 rings (SSSR count). The molecule has 0 aliphatic carbocycles. The van der Waals surface area contributed by atoms with Gasteiger partial charge in [-0.1, -0.05) is 13.3 Å². The number of carbonyl (C=O) groups excluding carboxylic acids is 1. The first kappa shape index (κ1) is 17.4. The molecule has 0 bridgehead atoms. The van der Waals surface area contributed by atoms with Gasteiger partial charge >= 0.3 is 5.97 Å². The standard InChI is InChI=1S/C14H28O4/c1-4-8-13(18-12-11-16-5-2)9-7-10-14(15)17-6-3/h13H,4-12H2,1-3H3. The van der Waals surface area contributed by atoms with Crippen LogP contribution in [0.15, 0.2) is 0 Å². The average molecular weight is 260 g/mol. The van der Waals surface area contributed by atoms with E-state index in [9.17, 15) is 4.79 Å². The Balaban J connectivity index is 3.65. The Kier molecular flexibility index (Phi) is 12.4. The van der Waals surface area contributed by atoms with Crippen LogP contribution < -0.4 is 0 Å². The summed E-state index contributed by atoms with van der Waals surface area (Å²) >= 11 is 0. The van der Waals surface area contributed by atoms with Crippen LogP contribution >= 0.6 is 0 Å². The third-order valence-electron chi connectivity index (χ3n) is 2.61. The van der Waals surface area contributed by atoms with E-state index >= 15 is 0 Å². The van der Waals surface area contributed by atoms with Crippen LogP contribution in [-0.4, -0.2) is 38.5 Å². The van der Waals surface area contributed by atoms with Crippen LogP contribution in [0.2, 0.25) is 0 Å². The Bertz CT molecular complexity index is 194. The molecule has 18 heavy (non-hydrogen) atoms. The summed E-state index contributed by atoms with van der Waals surface area (Å²) in [7, 11) is 0. The highest BCUT2D eigenvalue weighted by molar-refractivity contribution is 5.69. The van der Waals surface area contributed by atoms with Crippen LogP contribution in [0.4, 0.5) is 0 Å². The van der Waals surface area contributed by atoms with Crippen molar-refractivity contribution in [1.82, 2.24) is 0 Å². The first-order chi connectivity index (χ1) is 8.74. The van der Waals surface area contributed by atoms with E-state index in [1.807, 2.05) is 13.8 Å². The monoisotopic (exact) mass is 260 g/mol. The molecule has 0 heterocycles. The van der Waals surface area contributed by atoms with E-state index in [-0.39, 0.29) is 12.1 Å². The maximum Gasteiger partial charge on any atom is 0.305 e. The third-order valence-corrected chi connectivity index (χ3v) is 2.61. The normalized spacial score (nSPS) is 12.4. The largest absolute Gasteiger partial charge is 0.466 e. The smallest absolute Gasteiger partial charge is 0.305 e. The highest BCUT2D eigenvalue weighted by atomic mass is 16.5. The fourth-order valence-electron chi connectivity index (χ4n) is 1.76. The molecule has 4 nitrogen and oxygen atoms in total. The minimum absolute atomic E-state index is 0.109. The summed E-state index contributed by atoms with van der Waals surface area (Å²) in [5.41, 5.74) is 0. The minimum atomic E-state index is -0.109. The second kappa shape index (κ2) is 12.8. The van der Waals surface area contributed by atoms with Crippen LogP contribution in [0, 0.1) is 0 Å². The van der Waals surface area contributed by atoms with Crippen molar-refractivity contribution in [3.05, 3.63) is 0 Å². The zero-order valence-electron chi connectivity index (χ0n) is 12.1. The van der Waals surface area contributed by atoms with Gasteiger partial charge in [-0.15, -0.1) is 0 Å². The van der Waals surface area contributed by atoms with E-state index < -0.39 is 0 Å². The third kappa shape index (κ3) is 10.5. The van der Waals surface area contributed by atoms with Crippen molar-refractivity contribution < 1.29 is 19.0 Å². The van der Waals surface area contributed by atoms with E-state index in [1.165, 1.54) is 0 Å². The molecule has 0 saturated carbocycles. The lowest BCUT2D eigenvalue weighted by molar-refractivity contribution is -0.143. The van der Waals surface area contributed by atoms with Gasteiger partial charge in [0.05, 0.1) is 25.9 Å². The van der Waals surface area contributed by atoms with Gasteiger partial charge in [-0.3, -0.25) is 4.79 Å². The van der Waals surface area contributed by atoms with Crippen molar-refractivity contribution in [3.8, 4) is 0 Å². The molecule has 0 aromatic rings. The van der Waals surface area contributed by atoms with Crippen molar-refractivity contribution in [2.75, 3.05) is 26.4 Å². The number of ether oxygens (including phenoxy) is 3. The predicted octanol–water partition coefficient (Wildman–Crippen LogP) is 2.94. The summed E-state index contributed by atoms with van der Waals surface area (Å²) in [5, 5.41) is 0. The SMILES string of the molecule is CCCC(CCCC(=O)OCC)OCCOCC. The van der Waals surface area contributed by atoms with Gasteiger partial charge in [0.1, 0.15) is 0 Å². The molecule has 0 aromatic heterocycles. The molecule has 0 fully saturated rings. The number of rotatable bonds is 12. The molecule has 1 atom stereocenters. The summed E-state index contributed by atoms with van der Waals surface area (Å²) in [4.78, 5) is 11.2. The Morgan fingerprint density at radius 1 is 1.06 bits per heavy atom. The van der Waals surface area contributed by atoms with Crippen LogP contribution in [0.1, 0.15) is 52.9 Å². The summed E-state index contributed by atoms with van der Waals surface area (Å²) in [5.74, 6) is -0.109. The molecule has 0 saturated heterocycles. The summed E-state index contributed by atoms with van der Waals surface area (Å²) in [6, 6.07) is 0. The van der Waals surface area contributed by atoms with Gasteiger partial charge in [-0.05, 0) is 33.1 Å². The molecule has 4 heteroatoms. The first-order valence-electron chi connectivity index (χ1n) is 7.09. The maximum absolute atomic E-state index is 11.2. The molecule has 1 unspecified atom stereocenters. The Labute approximate surface area is 111 Å². The van der Waals surface area contributed by atoms with Gasteiger partial charge in [-0.25, -0.2) is 0 Å². The molecule has 0 aromatic carbocycles. The van der Waals surface area contributed by atoms with E-state index in [1.54, 1.807) is 0 Å². The van der Waals surface area contributed by atoms with Gasteiger partial charge in [0.25, 0.3) is 0 Å². The van der Waals surface area contributed by atoms with Crippen LogP contribution in [0.3, 0.4) is 0 Å². The highest BCUT2D eigenvalue weighted by Crippen LogP contribution is 2.11. The van der Waals surface area contributed by atoms with Gasteiger partial charge < -0.3 is 14.2 Å². The van der Waals surface area contributed by atoms with Crippen molar-refractivity contribution >= 4 is 5.97 Å². The van der Waals surface area contributed by atoms with E-state index in [2.05, 4.69) is 6.92 Å². The first-order valence-corrected chi connectivity index (χ1v) is 7.09. The lowest BCUT2D eigenvalue weighted by atomic mass is 10.1. The molecule has 108 valence electrons. The summed E-state index contributed by atoms with van der Waals surface area (Å²) in [6.07, 6.45) is 4.61. The number of hydrogen-bond acceptors (Lipinski definition) is 4. The zero-order chi connectivity index (χ0) is 13.6. The molecule has 0 radical (unpaired) electrons. The van der Waals surface area contributed by atoms with E-state index in [4.69, 9.17) is 14.2 Å². The summed E-state index contributed by atoms with van der Waals surface area (Å²) in [6.45, 7) is 8.42. The topological polar surface area (TPSA) is 44.8 Å². The van der Waals surface area contributed by atoms with Crippen LogP contribution in [0.5, 0.6) is 0 Å². The second-order valence-corrected chi connectivity index (χ2v) is 4.18. The summed E-state index contributed by atoms with van der Waals surface area (Å²) < 4.78 is 15.9. The van der Waals surface area contributed by atoms with Gasteiger partial charge in [0, 0.05) is 13.0 Å². The van der Waals surface area contributed by atoms with Gasteiger partial charge in [-0.2, -0.15) is 0 Å². The maximum atomic E-state index is 11.2. The van der Waals surface area contributed by atoms with Crippen molar-refractivity contribution in [2.45, 2.75) is 59.0 Å². The van der Waals surface area contributed by atoms with Gasteiger partial charge in [0.2, 0.25) is 0 Å². The Morgan fingerprint density at radius 2 is 1.83 bits per heavy atom. The Hall–Kier alpha value is -0.610. The predicted molar refractivity (Wildman–Crippen MR) is 71.6 cm³/mol. The van der Waals surface area contributed by atoms with E-state index in [0.717, 1.165) is 32.3 Å². The average Bonchev–Trinajstić information content (AvgIpc) is 2.35. The van der Waals surface area contributed by atoms with Crippen LogP contribution in [-0.2, 0) is 19.0 Å². The molecule has 0 amide bonds. The van der Waals surface area contributed by atoms with Crippen molar-refractivity contribution in [2.24, 2.45) is 0 Å². The number of hydrogen-bond donors (Lipinski definition) is 0. The molecular weight excluding hydrogens is 232 g/mol. The Morgan fingerprint density at radius 3 is 2.44 bits per heavy atom. The molecule has 0 aliphatic heterocycles. The molecular formula is C14H28O4. The molecule has 0 spiro atoms.